The van der Waals surface area contributed by atoms with Crippen LogP contribution >= 0.6 is 11.6 Å². The standard InChI is InChI=1S/C16H26ClNO/c1-13-8-9-14(17)15(12-13)19-11-7-5-6-10-18-16(2,3)4/h8-9,12,18H,5-7,10-11H2,1-4H3. The van der Waals surface area contributed by atoms with Crippen LogP contribution in [0.15, 0.2) is 18.2 Å². The maximum Gasteiger partial charge on any atom is 0.138 e. The average molecular weight is 284 g/mol. The quantitative estimate of drug-likeness (QED) is 0.739. The van der Waals surface area contributed by atoms with Crippen LogP contribution in [0.3, 0.4) is 0 Å². The van der Waals surface area contributed by atoms with Crippen LogP contribution in [0.25, 0.3) is 0 Å². The number of benzene rings is 1. The second-order valence-electron chi connectivity index (χ2n) is 6.02. The molecule has 1 rings (SSSR count). The molecule has 0 unspecified atom stereocenters. The minimum Gasteiger partial charge on any atom is -0.492 e. The summed E-state index contributed by atoms with van der Waals surface area (Å²) < 4.78 is 5.71. The van der Waals surface area contributed by atoms with Gasteiger partial charge >= 0.3 is 0 Å². The van der Waals surface area contributed by atoms with Crippen LogP contribution in [-0.4, -0.2) is 18.7 Å². The van der Waals surface area contributed by atoms with Gasteiger partial charge in [-0.05, 0) is 71.2 Å². The van der Waals surface area contributed by atoms with E-state index in [0.29, 0.717) is 5.02 Å². The molecule has 0 amide bonds. The summed E-state index contributed by atoms with van der Waals surface area (Å²) in [6, 6.07) is 5.87. The van der Waals surface area contributed by atoms with Crippen LogP contribution in [-0.2, 0) is 0 Å². The lowest BCUT2D eigenvalue weighted by Crippen LogP contribution is -2.36. The van der Waals surface area contributed by atoms with Gasteiger partial charge in [0.1, 0.15) is 5.75 Å². The van der Waals surface area contributed by atoms with Crippen LogP contribution in [0, 0.1) is 6.92 Å². The number of hydrogen-bond acceptors (Lipinski definition) is 2. The van der Waals surface area contributed by atoms with E-state index in [2.05, 4.69) is 26.1 Å². The Hall–Kier alpha value is -0.730. The van der Waals surface area contributed by atoms with Gasteiger partial charge in [0, 0.05) is 5.54 Å². The molecule has 0 atom stereocenters. The SMILES string of the molecule is Cc1ccc(Cl)c(OCCCCCNC(C)(C)C)c1. The minimum absolute atomic E-state index is 0.214. The highest BCUT2D eigenvalue weighted by Crippen LogP contribution is 2.25. The molecule has 0 bridgehead atoms. The summed E-state index contributed by atoms with van der Waals surface area (Å²) in [6.07, 6.45) is 3.42. The fraction of sp³-hybridized carbons (Fsp3) is 0.625. The molecule has 0 aromatic heterocycles. The molecule has 0 heterocycles. The summed E-state index contributed by atoms with van der Waals surface area (Å²) in [5, 5.41) is 4.18. The van der Waals surface area contributed by atoms with Crippen LogP contribution in [0.1, 0.15) is 45.6 Å². The van der Waals surface area contributed by atoms with E-state index in [1.807, 2.05) is 25.1 Å². The molecule has 0 aliphatic carbocycles. The van der Waals surface area contributed by atoms with Crippen molar-refractivity contribution in [3.05, 3.63) is 28.8 Å². The molecule has 19 heavy (non-hydrogen) atoms. The second kappa shape index (κ2) is 7.76. The van der Waals surface area contributed by atoms with Crippen molar-refractivity contribution in [2.45, 2.75) is 52.5 Å². The largest absolute Gasteiger partial charge is 0.492 e. The lowest BCUT2D eigenvalue weighted by atomic mass is 10.1. The number of rotatable bonds is 7. The van der Waals surface area contributed by atoms with Crippen molar-refractivity contribution in [1.29, 1.82) is 0 Å². The van der Waals surface area contributed by atoms with Crippen molar-refractivity contribution in [3.8, 4) is 5.75 Å². The normalized spacial score (nSPS) is 11.6. The highest BCUT2D eigenvalue weighted by molar-refractivity contribution is 6.32. The molecule has 1 aromatic carbocycles. The maximum atomic E-state index is 6.07. The first kappa shape index (κ1) is 16.3. The van der Waals surface area contributed by atoms with Gasteiger partial charge in [0.15, 0.2) is 0 Å². The molecule has 0 aliphatic rings. The van der Waals surface area contributed by atoms with Crippen molar-refractivity contribution in [1.82, 2.24) is 5.32 Å². The Balaban J connectivity index is 2.12. The predicted octanol–water partition coefficient (Wildman–Crippen LogP) is 4.59. The summed E-state index contributed by atoms with van der Waals surface area (Å²) in [5.41, 5.74) is 1.39. The molecule has 1 aromatic rings. The number of halogens is 1. The molecule has 0 fully saturated rings. The van der Waals surface area contributed by atoms with Gasteiger partial charge < -0.3 is 10.1 Å². The second-order valence-corrected chi connectivity index (χ2v) is 6.43. The molecule has 108 valence electrons. The summed E-state index contributed by atoms with van der Waals surface area (Å²) in [4.78, 5) is 0. The summed E-state index contributed by atoms with van der Waals surface area (Å²) in [7, 11) is 0. The molecule has 0 aliphatic heterocycles. The first-order valence-electron chi connectivity index (χ1n) is 7.02. The van der Waals surface area contributed by atoms with Crippen molar-refractivity contribution < 1.29 is 4.74 Å². The van der Waals surface area contributed by atoms with Crippen LogP contribution in [0.5, 0.6) is 5.75 Å². The third kappa shape index (κ3) is 7.44. The Morgan fingerprint density at radius 1 is 1.16 bits per heavy atom. The lowest BCUT2D eigenvalue weighted by Gasteiger charge is -2.20. The molecule has 0 radical (unpaired) electrons. The van der Waals surface area contributed by atoms with Gasteiger partial charge in [0.25, 0.3) is 0 Å². The summed E-state index contributed by atoms with van der Waals surface area (Å²) in [5.74, 6) is 0.800. The monoisotopic (exact) mass is 283 g/mol. The third-order valence-corrected chi connectivity index (χ3v) is 3.13. The van der Waals surface area contributed by atoms with E-state index in [-0.39, 0.29) is 5.54 Å². The number of unbranched alkanes of at least 4 members (excludes halogenated alkanes) is 2. The van der Waals surface area contributed by atoms with Gasteiger partial charge in [-0.15, -0.1) is 0 Å². The van der Waals surface area contributed by atoms with E-state index in [4.69, 9.17) is 16.3 Å². The first-order chi connectivity index (χ1) is 8.88. The van der Waals surface area contributed by atoms with Gasteiger partial charge in [-0.1, -0.05) is 17.7 Å². The highest BCUT2D eigenvalue weighted by Gasteiger charge is 2.07. The van der Waals surface area contributed by atoms with Crippen LogP contribution in [0.2, 0.25) is 5.02 Å². The molecule has 2 nitrogen and oxygen atoms in total. The zero-order valence-corrected chi connectivity index (χ0v) is 13.3. The zero-order valence-electron chi connectivity index (χ0n) is 12.6. The van der Waals surface area contributed by atoms with Gasteiger partial charge in [-0.2, -0.15) is 0 Å². The van der Waals surface area contributed by atoms with E-state index >= 15 is 0 Å². The number of aryl methyl sites for hydroxylation is 1. The topological polar surface area (TPSA) is 21.3 Å². The van der Waals surface area contributed by atoms with E-state index in [1.54, 1.807) is 0 Å². The van der Waals surface area contributed by atoms with E-state index in [1.165, 1.54) is 18.4 Å². The van der Waals surface area contributed by atoms with Gasteiger partial charge in [-0.3, -0.25) is 0 Å². The average Bonchev–Trinajstić information content (AvgIpc) is 2.31. The third-order valence-electron chi connectivity index (χ3n) is 2.82. The Morgan fingerprint density at radius 2 is 1.89 bits per heavy atom. The van der Waals surface area contributed by atoms with Crippen molar-refractivity contribution >= 4 is 11.6 Å². The Kier molecular flexibility index (Phi) is 6.67. The highest BCUT2D eigenvalue weighted by atomic mass is 35.5. The predicted molar refractivity (Wildman–Crippen MR) is 83.3 cm³/mol. The van der Waals surface area contributed by atoms with E-state index in [0.717, 1.165) is 25.3 Å². The lowest BCUT2D eigenvalue weighted by molar-refractivity contribution is 0.303. The zero-order chi connectivity index (χ0) is 14.3. The molecule has 0 saturated heterocycles. The van der Waals surface area contributed by atoms with Gasteiger partial charge in [-0.25, -0.2) is 0 Å². The van der Waals surface area contributed by atoms with Gasteiger partial charge in [0.2, 0.25) is 0 Å². The first-order valence-corrected chi connectivity index (χ1v) is 7.40. The van der Waals surface area contributed by atoms with E-state index < -0.39 is 0 Å². The van der Waals surface area contributed by atoms with Crippen molar-refractivity contribution in [2.75, 3.05) is 13.2 Å². The minimum atomic E-state index is 0.214. The summed E-state index contributed by atoms with van der Waals surface area (Å²) in [6.45, 7) is 10.4. The molecule has 0 spiro atoms. The fourth-order valence-corrected chi connectivity index (χ4v) is 1.94. The Morgan fingerprint density at radius 3 is 2.58 bits per heavy atom. The van der Waals surface area contributed by atoms with Crippen LogP contribution < -0.4 is 10.1 Å². The Labute approximate surface area is 122 Å². The molecule has 0 saturated carbocycles. The Bertz CT molecular complexity index is 385. The molecule has 1 N–H and O–H groups in total. The maximum absolute atomic E-state index is 6.07. The fourth-order valence-electron chi connectivity index (χ4n) is 1.77. The molecular formula is C16H26ClNO. The number of ether oxygens (including phenoxy) is 1. The molecule has 3 heteroatoms. The van der Waals surface area contributed by atoms with Gasteiger partial charge in [0.05, 0.1) is 11.6 Å². The molecular weight excluding hydrogens is 258 g/mol. The number of nitrogens with one attached hydrogen (secondary N) is 1. The van der Waals surface area contributed by atoms with E-state index in [9.17, 15) is 0 Å². The van der Waals surface area contributed by atoms with Crippen LogP contribution in [0.4, 0.5) is 0 Å². The number of hydrogen-bond donors (Lipinski definition) is 1. The summed E-state index contributed by atoms with van der Waals surface area (Å²) >= 11 is 6.07. The van der Waals surface area contributed by atoms with Crippen molar-refractivity contribution in [3.63, 3.8) is 0 Å². The smallest absolute Gasteiger partial charge is 0.138 e. The van der Waals surface area contributed by atoms with Crippen molar-refractivity contribution in [2.24, 2.45) is 0 Å².